The molecule has 1 amide bonds. The number of nitrogens with one attached hydrogen (secondary N) is 1. The molecule has 118 valence electrons. The van der Waals surface area contributed by atoms with Crippen molar-refractivity contribution in [1.82, 2.24) is 29.3 Å². The summed E-state index contributed by atoms with van der Waals surface area (Å²) in [6, 6.07) is 0. The van der Waals surface area contributed by atoms with Crippen LogP contribution in [0.25, 0.3) is 0 Å². The van der Waals surface area contributed by atoms with Crippen LogP contribution in [0.1, 0.15) is 22.7 Å². The minimum Gasteiger partial charge on any atom is -0.341 e. The van der Waals surface area contributed by atoms with Crippen molar-refractivity contribution in [3.63, 3.8) is 0 Å². The zero-order valence-corrected chi connectivity index (χ0v) is 13.3. The van der Waals surface area contributed by atoms with Gasteiger partial charge in [-0.05, 0) is 6.42 Å². The summed E-state index contributed by atoms with van der Waals surface area (Å²) in [4.78, 5) is 27.6. The summed E-state index contributed by atoms with van der Waals surface area (Å²) in [5.41, 5.74) is 0.546. The molecule has 2 aromatic heterocycles. The standard InChI is InChI=1S/C14H19ClN6O/c1-19-12(15)8-17-13(19)9-20-3-2-4-21(6-5-20)14(22)11-7-16-10-18-11/h7-8,10H,2-6,9H2,1H3,(H,16,18). The molecule has 0 unspecified atom stereocenters. The van der Waals surface area contributed by atoms with E-state index in [1.165, 1.54) is 6.33 Å². The van der Waals surface area contributed by atoms with Gasteiger partial charge in [0.25, 0.3) is 5.91 Å². The third-order valence-corrected chi connectivity index (χ3v) is 4.35. The van der Waals surface area contributed by atoms with Crippen molar-refractivity contribution in [2.75, 3.05) is 26.2 Å². The number of rotatable bonds is 3. The van der Waals surface area contributed by atoms with Crippen molar-refractivity contribution in [2.45, 2.75) is 13.0 Å². The summed E-state index contributed by atoms with van der Waals surface area (Å²) < 4.78 is 1.89. The van der Waals surface area contributed by atoms with E-state index in [1.54, 1.807) is 12.4 Å². The van der Waals surface area contributed by atoms with Crippen molar-refractivity contribution >= 4 is 17.5 Å². The van der Waals surface area contributed by atoms with E-state index in [0.717, 1.165) is 38.4 Å². The molecular formula is C14H19ClN6O. The van der Waals surface area contributed by atoms with E-state index < -0.39 is 0 Å². The van der Waals surface area contributed by atoms with E-state index in [2.05, 4.69) is 19.9 Å². The number of nitrogens with zero attached hydrogens (tertiary/aromatic N) is 5. The van der Waals surface area contributed by atoms with E-state index >= 15 is 0 Å². The van der Waals surface area contributed by atoms with Gasteiger partial charge in [0.2, 0.25) is 0 Å². The number of carbonyl (C=O) groups is 1. The van der Waals surface area contributed by atoms with Gasteiger partial charge in [-0.15, -0.1) is 0 Å². The van der Waals surface area contributed by atoms with Gasteiger partial charge in [-0.3, -0.25) is 9.69 Å². The molecule has 1 aliphatic rings. The number of hydrogen-bond acceptors (Lipinski definition) is 4. The molecule has 0 radical (unpaired) electrons. The monoisotopic (exact) mass is 322 g/mol. The average molecular weight is 323 g/mol. The number of halogens is 1. The first-order valence-electron chi connectivity index (χ1n) is 7.31. The van der Waals surface area contributed by atoms with Gasteiger partial charge in [-0.25, -0.2) is 9.97 Å². The molecule has 1 N–H and O–H groups in total. The van der Waals surface area contributed by atoms with Gasteiger partial charge in [-0.2, -0.15) is 0 Å². The van der Waals surface area contributed by atoms with Crippen molar-refractivity contribution in [3.05, 3.63) is 35.4 Å². The maximum atomic E-state index is 12.3. The first kappa shape index (κ1) is 15.1. The Morgan fingerprint density at radius 1 is 1.32 bits per heavy atom. The molecule has 1 fully saturated rings. The molecule has 8 heteroatoms. The van der Waals surface area contributed by atoms with Gasteiger partial charge in [0.1, 0.15) is 16.7 Å². The highest BCUT2D eigenvalue weighted by Gasteiger charge is 2.21. The summed E-state index contributed by atoms with van der Waals surface area (Å²) in [6.07, 6.45) is 5.71. The fourth-order valence-electron chi connectivity index (χ4n) is 2.65. The Kier molecular flexibility index (Phi) is 4.44. The van der Waals surface area contributed by atoms with Gasteiger partial charge in [0.05, 0.1) is 25.3 Å². The summed E-state index contributed by atoms with van der Waals surface area (Å²) in [5, 5.41) is 0.640. The highest BCUT2D eigenvalue weighted by Crippen LogP contribution is 2.13. The topological polar surface area (TPSA) is 70.1 Å². The molecule has 0 aromatic carbocycles. The minimum absolute atomic E-state index is 0.0133. The number of hydrogen-bond donors (Lipinski definition) is 1. The smallest absolute Gasteiger partial charge is 0.271 e. The average Bonchev–Trinajstić information content (AvgIpc) is 3.08. The molecule has 0 atom stereocenters. The van der Waals surface area contributed by atoms with Crippen molar-refractivity contribution in [3.8, 4) is 0 Å². The number of H-pyrrole nitrogens is 1. The maximum absolute atomic E-state index is 12.3. The lowest BCUT2D eigenvalue weighted by atomic mass is 10.3. The largest absolute Gasteiger partial charge is 0.341 e. The molecular weight excluding hydrogens is 304 g/mol. The van der Waals surface area contributed by atoms with E-state index in [0.29, 0.717) is 17.4 Å². The molecule has 0 saturated carbocycles. The van der Waals surface area contributed by atoms with E-state index in [1.807, 2.05) is 16.5 Å². The third-order valence-electron chi connectivity index (χ3n) is 4.00. The zero-order valence-electron chi connectivity index (χ0n) is 12.5. The minimum atomic E-state index is 0.0133. The van der Waals surface area contributed by atoms with Crippen LogP contribution in [0, 0.1) is 0 Å². The summed E-state index contributed by atoms with van der Waals surface area (Å²) >= 11 is 6.02. The van der Waals surface area contributed by atoms with Crippen LogP contribution in [-0.2, 0) is 13.6 Å². The van der Waals surface area contributed by atoms with Crippen molar-refractivity contribution < 1.29 is 4.79 Å². The molecule has 3 heterocycles. The van der Waals surface area contributed by atoms with Crippen molar-refractivity contribution in [1.29, 1.82) is 0 Å². The SMILES string of the molecule is Cn1c(Cl)cnc1CN1CCCN(C(=O)c2cnc[nH]2)CC1. The molecule has 22 heavy (non-hydrogen) atoms. The molecule has 2 aromatic rings. The first-order valence-corrected chi connectivity index (χ1v) is 7.69. The van der Waals surface area contributed by atoms with Crippen LogP contribution in [0.4, 0.5) is 0 Å². The van der Waals surface area contributed by atoms with Gasteiger partial charge < -0.3 is 14.5 Å². The Morgan fingerprint density at radius 3 is 2.86 bits per heavy atom. The highest BCUT2D eigenvalue weighted by molar-refractivity contribution is 6.29. The number of imidazole rings is 2. The Bertz CT molecular complexity index is 638. The summed E-state index contributed by atoms with van der Waals surface area (Å²) in [5.74, 6) is 0.956. The molecule has 7 nitrogen and oxygen atoms in total. The predicted octanol–water partition coefficient (Wildman–Crippen LogP) is 1.14. The van der Waals surface area contributed by atoms with Gasteiger partial charge in [0.15, 0.2) is 0 Å². The third kappa shape index (κ3) is 3.15. The van der Waals surface area contributed by atoms with E-state index in [-0.39, 0.29) is 5.91 Å². The number of carbonyl (C=O) groups excluding carboxylic acids is 1. The number of aromatic amines is 1. The molecule has 0 spiro atoms. The van der Waals surface area contributed by atoms with Crippen LogP contribution < -0.4 is 0 Å². The van der Waals surface area contributed by atoms with Crippen LogP contribution in [-0.4, -0.2) is 61.4 Å². The molecule has 1 aliphatic heterocycles. The first-order chi connectivity index (χ1) is 10.6. The van der Waals surface area contributed by atoms with Gasteiger partial charge >= 0.3 is 0 Å². The summed E-state index contributed by atoms with van der Waals surface area (Å²) in [6.45, 7) is 3.97. The lowest BCUT2D eigenvalue weighted by Gasteiger charge is -2.21. The Hall–Kier alpha value is -1.86. The predicted molar refractivity (Wildman–Crippen MR) is 82.6 cm³/mol. The molecule has 1 saturated heterocycles. The Labute approximate surface area is 133 Å². The fraction of sp³-hybridized carbons (Fsp3) is 0.500. The molecule has 0 bridgehead atoms. The second-order valence-electron chi connectivity index (χ2n) is 5.44. The molecule has 3 rings (SSSR count). The van der Waals surface area contributed by atoms with E-state index in [9.17, 15) is 4.79 Å². The lowest BCUT2D eigenvalue weighted by Crippen LogP contribution is -2.35. The van der Waals surface area contributed by atoms with Crippen LogP contribution in [0.3, 0.4) is 0 Å². The van der Waals surface area contributed by atoms with Crippen molar-refractivity contribution in [2.24, 2.45) is 7.05 Å². The number of aromatic nitrogens is 4. The second-order valence-corrected chi connectivity index (χ2v) is 5.83. The lowest BCUT2D eigenvalue weighted by molar-refractivity contribution is 0.0755. The Balaban J connectivity index is 1.60. The fourth-order valence-corrected chi connectivity index (χ4v) is 2.79. The second kappa shape index (κ2) is 6.50. The summed E-state index contributed by atoms with van der Waals surface area (Å²) in [7, 11) is 1.91. The maximum Gasteiger partial charge on any atom is 0.271 e. The normalized spacial score (nSPS) is 16.7. The van der Waals surface area contributed by atoms with Gasteiger partial charge in [0, 0.05) is 33.2 Å². The van der Waals surface area contributed by atoms with E-state index in [4.69, 9.17) is 11.6 Å². The van der Waals surface area contributed by atoms with Crippen LogP contribution in [0.15, 0.2) is 18.7 Å². The van der Waals surface area contributed by atoms with Crippen LogP contribution in [0.5, 0.6) is 0 Å². The molecule has 0 aliphatic carbocycles. The Morgan fingerprint density at radius 2 is 2.18 bits per heavy atom. The highest BCUT2D eigenvalue weighted by atomic mass is 35.5. The van der Waals surface area contributed by atoms with Crippen LogP contribution >= 0.6 is 11.6 Å². The van der Waals surface area contributed by atoms with Gasteiger partial charge in [-0.1, -0.05) is 11.6 Å². The quantitative estimate of drug-likeness (QED) is 0.920. The number of amides is 1. The van der Waals surface area contributed by atoms with Crippen LogP contribution in [0.2, 0.25) is 5.15 Å². The zero-order chi connectivity index (χ0) is 15.5.